The normalized spacial score (nSPS) is 10.1. The van der Waals surface area contributed by atoms with E-state index in [1.807, 2.05) is 60.7 Å². The molecule has 0 saturated carbocycles. The van der Waals surface area contributed by atoms with Crippen molar-refractivity contribution in [3.8, 4) is 34.3 Å². The van der Waals surface area contributed by atoms with Gasteiger partial charge in [-0.25, -0.2) is 4.98 Å². The second-order valence-corrected chi connectivity index (χ2v) is 5.04. The molecule has 2 aromatic carbocycles. The lowest BCUT2D eigenvalue weighted by Crippen LogP contribution is -1.97. The van der Waals surface area contributed by atoms with Crippen molar-refractivity contribution < 1.29 is 4.74 Å². The number of nitriles is 1. The van der Waals surface area contributed by atoms with Crippen LogP contribution < -0.4 is 10.5 Å². The Balaban J connectivity index is 2.24. The number of pyridine rings is 1. The lowest BCUT2D eigenvalue weighted by molar-refractivity contribution is 0.397. The first-order valence-electron chi connectivity index (χ1n) is 7.13. The zero-order chi connectivity index (χ0) is 16.2. The van der Waals surface area contributed by atoms with E-state index in [0.717, 1.165) is 22.4 Å². The second kappa shape index (κ2) is 6.20. The maximum atomic E-state index is 9.50. The summed E-state index contributed by atoms with van der Waals surface area (Å²) in [5.74, 6) is 0.320. The summed E-state index contributed by atoms with van der Waals surface area (Å²) in [5, 5.41) is 9.50. The van der Waals surface area contributed by atoms with Crippen LogP contribution in [0.3, 0.4) is 0 Å². The molecule has 0 fully saturated rings. The molecule has 0 aliphatic carbocycles. The number of anilines is 1. The number of nitrogen functional groups attached to an aromatic ring is 1. The Labute approximate surface area is 134 Å². The van der Waals surface area contributed by atoms with Crippen LogP contribution in [0.25, 0.3) is 22.4 Å². The topological polar surface area (TPSA) is 71.9 Å². The number of aromatic nitrogens is 1. The molecule has 2 N–H and O–H groups in total. The average Bonchev–Trinajstić information content (AvgIpc) is 2.62. The van der Waals surface area contributed by atoms with Crippen LogP contribution in [-0.2, 0) is 0 Å². The van der Waals surface area contributed by atoms with Gasteiger partial charge in [-0.1, -0.05) is 42.5 Å². The van der Waals surface area contributed by atoms with E-state index < -0.39 is 0 Å². The minimum atomic E-state index is 0.320. The van der Waals surface area contributed by atoms with Gasteiger partial charge in [-0.2, -0.15) is 5.26 Å². The predicted octanol–water partition coefficient (Wildman–Crippen LogP) is 3.88. The molecule has 4 nitrogen and oxygen atoms in total. The first kappa shape index (κ1) is 14.6. The number of ether oxygens (including phenoxy) is 1. The molecule has 0 amide bonds. The van der Waals surface area contributed by atoms with Gasteiger partial charge in [0.25, 0.3) is 0 Å². The molecule has 0 radical (unpaired) electrons. The standard InChI is InChI=1S/C19H15N3O/c1-23-19-17(12-20)16(13-5-3-2-4-6-13)11-18(22-19)14-7-9-15(21)10-8-14/h2-11H,21H2,1H3. The summed E-state index contributed by atoms with van der Waals surface area (Å²) >= 11 is 0. The molecule has 0 aliphatic heterocycles. The summed E-state index contributed by atoms with van der Waals surface area (Å²) in [6.45, 7) is 0. The number of hydrogen-bond acceptors (Lipinski definition) is 4. The van der Waals surface area contributed by atoms with Gasteiger partial charge < -0.3 is 10.5 Å². The predicted molar refractivity (Wildman–Crippen MR) is 90.8 cm³/mol. The summed E-state index contributed by atoms with van der Waals surface area (Å²) in [4.78, 5) is 4.46. The molecule has 4 heteroatoms. The van der Waals surface area contributed by atoms with Crippen molar-refractivity contribution in [3.05, 3.63) is 66.2 Å². The van der Waals surface area contributed by atoms with Gasteiger partial charge >= 0.3 is 0 Å². The highest BCUT2D eigenvalue weighted by atomic mass is 16.5. The third kappa shape index (κ3) is 2.85. The Bertz CT molecular complexity index is 866. The fourth-order valence-electron chi connectivity index (χ4n) is 2.42. The number of nitrogens with two attached hydrogens (primary N) is 1. The molecule has 112 valence electrons. The van der Waals surface area contributed by atoms with Crippen molar-refractivity contribution in [2.24, 2.45) is 0 Å². The first-order chi connectivity index (χ1) is 11.2. The maximum absolute atomic E-state index is 9.50. The van der Waals surface area contributed by atoms with Crippen molar-refractivity contribution in [1.82, 2.24) is 4.98 Å². The van der Waals surface area contributed by atoms with Crippen molar-refractivity contribution in [2.75, 3.05) is 12.8 Å². The third-order valence-corrected chi connectivity index (χ3v) is 3.58. The van der Waals surface area contributed by atoms with Crippen LogP contribution in [-0.4, -0.2) is 12.1 Å². The molecule has 3 rings (SSSR count). The van der Waals surface area contributed by atoms with Crippen LogP contribution in [0.4, 0.5) is 5.69 Å². The summed E-state index contributed by atoms with van der Waals surface area (Å²) in [7, 11) is 1.52. The molecule has 0 unspecified atom stereocenters. The SMILES string of the molecule is COc1nc(-c2ccc(N)cc2)cc(-c2ccccc2)c1C#N. The van der Waals surface area contributed by atoms with Gasteiger partial charge in [0.05, 0.1) is 12.8 Å². The van der Waals surface area contributed by atoms with Crippen molar-refractivity contribution >= 4 is 5.69 Å². The molecule has 23 heavy (non-hydrogen) atoms. The molecule has 3 aromatic rings. The average molecular weight is 301 g/mol. The van der Waals surface area contributed by atoms with Gasteiger partial charge in [-0.15, -0.1) is 0 Å². The van der Waals surface area contributed by atoms with Gasteiger partial charge in [0.2, 0.25) is 5.88 Å². The smallest absolute Gasteiger partial charge is 0.232 e. The second-order valence-electron chi connectivity index (χ2n) is 5.04. The van der Waals surface area contributed by atoms with Crippen molar-refractivity contribution in [2.45, 2.75) is 0 Å². The van der Waals surface area contributed by atoms with Gasteiger partial charge in [-0.05, 0) is 23.8 Å². The molecule has 0 saturated heterocycles. The number of hydrogen-bond donors (Lipinski definition) is 1. The van der Waals surface area contributed by atoms with E-state index in [0.29, 0.717) is 17.1 Å². The quantitative estimate of drug-likeness (QED) is 0.745. The Morgan fingerprint density at radius 1 is 1.00 bits per heavy atom. The molecule has 0 atom stereocenters. The zero-order valence-electron chi connectivity index (χ0n) is 12.7. The van der Waals surface area contributed by atoms with Crippen LogP contribution in [0.5, 0.6) is 5.88 Å². The van der Waals surface area contributed by atoms with Gasteiger partial charge in [0, 0.05) is 16.8 Å². The highest BCUT2D eigenvalue weighted by Crippen LogP contribution is 2.33. The van der Waals surface area contributed by atoms with E-state index in [9.17, 15) is 5.26 Å². The minimum Gasteiger partial charge on any atom is -0.480 e. The summed E-state index contributed by atoms with van der Waals surface area (Å²) in [6.07, 6.45) is 0. The lowest BCUT2D eigenvalue weighted by atomic mass is 9.99. The molecule has 0 bridgehead atoms. The van der Waals surface area contributed by atoms with Gasteiger partial charge in [0.15, 0.2) is 0 Å². The number of rotatable bonds is 3. The fourth-order valence-corrected chi connectivity index (χ4v) is 2.42. The lowest BCUT2D eigenvalue weighted by Gasteiger charge is -2.11. The van der Waals surface area contributed by atoms with Crippen LogP contribution in [0, 0.1) is 11.3 Å². The zero-order valence-corrected chi connectivity index (χ0v) is 12.7. The van der Waals surface area contributed by atoms with Crippen LogP contribution >= 0.6 is 0 Å². The Kier molecular flexibility index (Phi) is 3.94. The van der Waals surface area contributed by atoms with Crippen molar-refractivity contribution in [3.63, 3.8) is 0 Å². The number of benzene rings is 2. The van der Waals surface area contributed by atoms with E-state index >= 15 is 0 Å². The summed E-state index contributed by atoms with van der Waals surface area (Å²) in [6, 6.07) is 21.3. The highest BCUT2D eigenvalue weighted by Gasteiger charge is 2.15. The van der Waals surface area contributed by atoms with Gasteiger partial charge in [-0.3, -0.25) is 0 Å². The molecular formula is C19H15N3O. The van der Waals surface area contributed by atoms with E-state index in [-0.39, 0.29) is 0 Å². The minimum absolute atomic E-state index is 0.320. The van der Waals surface area contributed by atoms with E-state index in [1.165, 1.54) is 7.11 Å². The van der Waals surface area contributed by atoms with E-state index in [4.69, 9.17) is 10.5 Å². The highest BCUT2D eigenvalue weighted by molar-refractivity contribution is 5.78. The Morgan fingerprint density at radius 2 is 1.70 bits per heavy atom. The maximum Gasteiger partial charge on any atom is 0.232 e. The van der Waals surface area contributed by atoms with Crippen LogP contribution in [0.15, 0.2) is 60.7 Å². The van der Waals surface area contributed by atoms with Gasteiger partial charge in [0.1, 0.15) is 11.6 Å². The molecule has 0 aliphatic rings. The monoisotopic (exact) mass is 301 g/mol. The van der Waals surface area contributed by atoms with E-state index in [2.05, 4.69) is 11.1 Å². The number of nitrogens with zero attached hydrogens (tertiary/aromatic N) is 2. The summed E-state index contributed by atoms with van der Waals surface area (Å²) in [5.41, 5.74) is 10.3. The Morgan fingerprint density at radius 3 is 2.30 bits per heavy atom. The first-order valence-corrected chi connectivity index (χ1v) is 7.13. The molecule has 0 spiro atoms. The number of methoxy groups -OCH3 is 1. The van der Waals surface area contributed by atoms with E-state index in [1.54, 1.807) is 0 Å². The molecular weight excluding hydrogens is 286 g/mol. The van der Waals surface area contributed by atoms with Crippen molar-refractivity contribution in [1.29, 1.82) is 5.26 Å². The molecule has 1 aromatic heterocycles. The summed E-state index contributed by atoms with van der Waals surface area (Å²) < 4.78 is 5.33. The third-order valence-electron chi connectivity index (χ3n) is 3.58. The van der Waals surface area contributed by atoms with Crippen LogP contribution in [0.1, 0.15) is 5.56 Å². The Hall–Kier alpha value is -3.32. The molecule has 1 heterocycles. The van der Waals surface area contributed by atoms with Crippen LogP contribution in [0.2, 0.25) is 0 Å². The largest absolute Gasteiger partial charge is 0.480 e. The fraction of sp³-hybridized carbons (Fsp3) is 0.0526.